The fourth-order valence-electron chi connectivity index (χ4n) is 4.02. The molecule has 0 spiro atoms. The first kappa shape index (κ1) is 30.2. The predicted molar refractivity (Wildman–Crippen MR) is 156 cm³/mol. The summed E-state index contributed by atoms with van der Waals surface area (Å²) in [6, 6.07) is 19.6. The average Bonchev–Trinajstić information content (AvgIpc) is 2.89. The second-order valence-electron chi connectivity index (χ2n) is 10.1. The Morgan fingerprint density at radius 2 is 1.54 bits per heavy atom. The summed E-state index contributed by atoms with van der Waals surface area (Å²) >= 11 is 5.99. The molecule has 0 aliphatic rings. The van der Waals surface area contributed by atoms with Gasteiger partial charge in [0.2, 0.25) is 11.8 Å². The highest BCUT2D eigenvalue weighted by Gasteiger charge is 2.32. The Morgan fingerprint density at radius 1 is 0.897 bits per heavy atom. The van der Waals surface area contributed by atoms with Crippen LogP contribution < -0.4 is 9.62 Å². The zero-order valence-electron chi connectivity index (χ0n) is 23.0. The van der Waals surface area contributed by atoms with E-state index in [2.05, 4.69) is 5.32 Å². The van der Waals surface area contributed by atoms with Gasteiger partial charge in [0, 0.05) is 18.1 Å². The van der Waals surface area contributed by atoms with E-state index in [0.29, 0.717) is 17.3 Å². The fourth-order valence-corrected chi connectivity index (χ4v) is 5.56. The largest absolute Gasteiger partial charge is 0.354 e. The van der Waals surface area contributed by atoms with Gasteiger partial charge in [0.1, 0.15) is 12.6 Å². The third-order valence-corrected chi connectivity index (χ3v) is 8.33. The molecule has 208 valence electrons. The maximum atomic E-state index is 13.9. The molecule has 0 aliphatic heterocycles. The smallest absolute Gasteiger partial charge is 0.264 e. The number of hydrogen-bond acceptors (Lipinski definition) is 4. The summed E-state index contributed by atoms with van der Waals surface area (Å²) in [5.41, 5.74) is 3.15. The first-order valence-electron chi connectivity index (χ1n) is 12.9. The normalized spacial score (nSPS) is 12.2. The van der Waals surface area contributed by atoms with Crippen molar-refractivity contribution in [1.82, 2.24) is 10.2 Å². The number of carbonyl (C=O) groups excluding carboxylic acids is 2. The molecule has 0 aliphatic carbocycles. The molecule has 9 heteroatoms. The van der Waals surface area contributed by atoms with Gasteiger partial charge in [-0.05, 0) is 68.7 Å². The Hall–Kier alpha value is -3.36. The number of anilines is 1. The van der Waals surface area contributed by atoms with Crippen molar-refractivity contribution >= 4 is 39.1 Å². The number of hydrogen-bond donors (Lipinski definition) is 1. The monoisotopic (exact) mass is 569 g/mol. The number of nitrogens with one attached hydrogen (secondary N) is 1. The maximum absolute atomic E-state index is 13.9. The molecule has 7 nitrogen and oxygen atoms in total. The van der Waals surface area contributed by atoms with Crippen molar-refractivity contribution in [2.24, 2.45) is 5.92 Å². The highest BCUT2D eigenvalue weighted by atomic mass is 35.5. The van der Waals surface area contributed by atoms with Crippen LogP contribution in [0.3, 0.4) is 0 Å². The molecule has 39 heavy (non-hydrogen) atoms. The van der Waals surface area contributed by atoms with Crippen molar-refractivity contribution in [2.75, 3.05) is 17.4 Å². The van der Waals surface area contributed by atoms with Crippen LogP contribution in [0.15, 0.2) is 77.7 Å². The maximum Gasteiger partial charge on any atom is 0.264 e. The van der Waals surface area contributed by atoms with E-state index >= 15 is 0 Å². The molecule has 1 atom stereocenters. The Kier molecular flexibility index (Phi) is 10.2. The quantitative estimate of drug-likeness (QED) is 0.338. The average molecular weight is 570 g/mol. The number of nitrogens with zero attached hydrogens (tertiary/aromatic N) is 2. The third-order valence-electron chi connectivity index (χ3n) is 6.29. The molecule has 0 radical (unpaired) electrons. The SMILES string of the molecule is Cc1ccc(N(CC(=O)N(Cc2cccc(C)c2)[C@H](C)C(=O)NCC(C)C)S(=O)(=O)c2ccc(Cl)cc2)cc1. The second-order valence-corrected chi connectivity index (χ2v) is 12.4. The number of aryl methyl sites for hydroxylation is 2. The van der Waals surface area contributed by atoms with Crippen LogP contribution in [-0.2, 0) is 26.2 Å². The van der Waals surface area contributed by atoms with Gasteiger partial charge in [0.25, 0.3) is 10.0 Å². The van der Waals surface area contributed by atoms with Gasteiger partial charge in [0.15, 0.2) is 0 Å². The molecule has 2 amide bonds. The molecule has 0 saturated heterocycles. The lowest BCUT2D eigenvalue weighted by atomic mass is 10.1. The van der Waals surface area contributed by atoms with E-state index in [1.54, 1.807) is 31.2 Å². The van der Waals surface area contributed by atoms with Gasteiger partial charge in [-0.1, -0.05) is 73.0 Å². The highest BCUT2D eigenvalue weighted by molar-refractivity contribution is 7.92. The van der Waals surface area contributed by atoms with Crippen LogP contribution >= 0.6 is 11.6 Å². The van der Waals surface area contributed by atoms with E-state index in [1.165, 1.54) is 29.2 Å². The lowest BCUT2D eigenvalue weighted by molar-refractivity contribution is -0.139. The molecule has 0 aromatic heterocycles. The molecular formula is C30H36ClN3O4S. The third kappa shape index (κ3) is 8.07. The topological polar surface area (TPSA) is 86.8 Å². The zero-order valence-corrected chi connectivity index (χ0v) is 24.6. The number of sulfonamides is 1. The van der Waals surface area contributed by atoms with Gasteiger partial charge in [-0.2, -0.15) is 0 Å². The summed E-state index contributed by atoms with van der Waals surface area (Å²) in [5, 5.41) is 3.29. The number of carbonyl (C=O) groups is 2. The number of amides is 2. The van der Waals surface area contributed by atoms with Crippen molar-refractivity contribution in [2.45, 2.75) is 52.1 Å². The minimum Gasteiger partial charge on any atom is -0.354 e. The Morgan fingerprint density at radius 3 is 2.13 bits per heavy atom. The molecular weight excluding hydrogens is 534 g/mol. The van der Waals surface area contributed by atoms with Crippen LogP contribution in [0.25, 0.3) is 0 Å². The van der Waals surface area contributed by atoms with Crippen molar-refractivity contribution in [3.63, 3.8) is 0 Å². The lowest BCUT2D eigenvalue weighted by Gasteiger charge is -2.32. The van der Waals surface area contributed by atoms with Crippen LogP contribution in [0.4, 0.5) is 5.69 Å². The summed E-state index contributed by atoms with van der Waals surface area (Å²) in [7, 11) is -4.13. The summed E-state index contributed by atoms with van der Waals surface area (Å²) in [6.45, 7) is 9.62. The standard InChI is InChI=1S/C30H36ClN3O4S/c1-21(2)18-32-30(36)24(5)33(19-25-8-6-7-23(4)17-25)29(35)20-34(27-13-9-22(3)10-14-27)39(37,38)28-15-11-26(31)12-16-28/h6-17,21,24H,18-20H2,1-5H3,(H,32,36)/t24-/m1/s1. The van der Waals surface area contributed by atoms with Gasteiger partial charge in [-0.3, -0.25) is 13.9 Å². The molecule has 0 fully saturated rings. The van der Waals surface area contributed by atoms with Gasteiger partial charge in [0.05, 0.1) is 10.6 Å². The molecule has 3 aromatic carbocycles. The number of halogens is 1. The van der Waals surface area contributed by atoms with E-state index in [9.17, 15) is 18.0 Å². The Labute approximate surface area is 236 Å². The second kappa shape index (κ2) is 13.1. The first-order chi connectivity index (χ1) is 18.4. The van der Waals surface area contributed by atoms with Crippen molar-refractivity contribution < 1.29 is 18.0 Å². The summed E-state index contributed by atoms with van der Waals surface area (Å²) in [4.78, 5) is 28.4. The van der Waals surface area contributed by atoms with Crippen LogP contribution in [0.1, 0.15) is 37.5 Å². The molecule has 0 saturated carbocycles. The fraction of sp³-hybridized carbons (Fsp3) is 0.333. The van der Waals surface area contributed by atoms with E-state index < -0.39 is 28.5 Å². The van der Waals surface area contributed by atoms with Crippen molar-refractivity contribution in [3.05, 3.63) is 94.5 Å². The van der Waals surface area contributed by atoms with Crippen molar-refractivity contribution in [1.29, 1.82) is 0 Å². The van der Waals surface area contributed by atoms with Crippen LogP contribution in [0, 0.1) is 19.8 Å². The van der Waals surface area contributed by atoms with E-state index in [0.717, 1.165) is 21.0 Å². The minimum atomic E-state index is -4.13. The van der Waals surface area contributed by atoms with Crippen LogP contribution in [-0.4, -0.2) is 44.3 Å². The van der Waals surface area contributed by atoms with E-state index in [4.69, 9.17) is 11.6 Å². The summed E-state index contributed by atoms with van der Waals surface area (Å²) < 4.78 is 28.7. The molecule has 3 rings (SSSR count). The highest BCUT2D eigenvalue weighted by Crippen LogP contribution is 2.26. The van der Waals surface area contributed by atoms with Crippen molar-refractivity contribution in [3.8, 4) is 0 Å². The number of rotatable bonds is 11. The van der Waals surface area contributed by atoms with E-state index in [-0.39, 0.29) is 23.3 Å². The lowest BCUT2D eigenvalue weighted by Crippen LogP contribution is -2.51. The number of benzene rings is 3. The molecule has 0 heterocycles. The molecule has 0 unspecified atom stereocenters. The van der Waals surface area contributed by atoms with Gasteiger partial charge in [-0.25, -0.2) is 8.42 Å². The van der Waals surface area contributed by atoms with Gasteiger partial charge < -0.3 is 10.2 Å². The predicted octanol–water partition coefficient (Wildman–Crippen LogP) is 5.34. The Bertz CT molecular complexity index is 1390. The molecule has 1 N–H and O–H groups in total. The van der Waals surface area contributed by atoms with Crippen LogP contribution in [0.5, 0.6) is 0 Å². The minimum absolute atomic E-state index is 0.00762. The van der Waals surface area contributed by atoms with Crippen LogP contribution in [0.2, 0.25) is 5.02 Å². The van der Waals surface area contributed by atoms with Gasteiger partial charge >= 0.3 is 0 Å². The summed E-state index contributed by atoms with van der Waals surface area (Å²) in [5.74, 6) is -0.558. The van der Waals surface area contributed by atoms with Gasteiger partial charge in [-0.15, -0.1) is 0 Å². The summed E-state index contributed by atoms with van der Waals surface area (Å²) in [6.07, 6.45) is 0. The molecule has 0 bridgehead atoms. The Balaban J connectivity index is 2.01. The van der Waals surface area contributed by atoms with E-state index in [1.807, 2.05) is 52.0 Å². The molecule has 3 aromatic rings. The zero-order chi connectivity index (χ0) is 28.7. The first-order valence-corrected chi connectivity index (χ1v) is 14.7.